The van der Waals surface area contributed by atoms with Crippen LogP contribution in [0.2, 0.25) is 0 Å². The van der Waals surface area contributed by atoms with Gasteiger partial charge in [-0.1, -0.05) is 0 Å². The van der Waals surface area contributed by atoms with Crippen molar-refractivity contribution in [1.82, 2.24) is 29.7 Å². The Labute approximate surface area is 121 Å². The van der Waals surface area contributed by atoms with Crippen LogP contribution < -0.4 is 10.2 Å². The molecule has 9 heteroatoms. The van der Waals surface area contributed by atoms with E-state index in [1.54, 1.807) is 13.4 Å². The first kappa shape index (κ1) is 13.1. The molecule has 0 aliphatic carbocycles. The molecular formula is C11H16N8S. The van der Waals surface area contributed by atoms with E-state index in [2.05, 4.69) is 35.3 Å². The maximum atomic E-state index is 4.48. The zero-order valence-electron chi connectivity index (χ0n) is 11.4. The minimum atomic E-state index is 0.467. The molecule has 106 valence electrons. The monoisotopic (exact) mass is 292 g/mol. The van der Waals surface area contributed by atoms with E-state index < -0.39 is 0 Å². The molecule has 0 radical (unpaired) electrons. The van der Waals surface area contributed by atoms with Crippen molar-refractivity contribution >= 4 is 23.7 Å². The summed E-state index contributed by atoms with van der Waals surface area (Å²) in [6.07, 6.45) is 4.18. The third-order valence-electron chi connectivity index (χ3n) is 3.23. The molecule has 20 heavy (non-hydrogen) atoms. The van der Waals surface area contributed by atoms with Crippen molar-refractivity contribution < 1.29 is 0 Å². The number of anilines is 2. The van der Waals surface area contributed by atoms with Gasteiger partial charge in [-0.3, -0.25) is 0 Å². The third kappa shape index (κ3) is 2.53. The first-order valence-electron chi connectivity index (χ1n) is 6.37. The summed E-state index contributed by atoms with van der Waals surface area (Å²) in [4.78, 5) is 19.2. The number of rotatable bonds is 4. The number of thioether (sulfide) groups is 1. The molecule has 3 rings (SSSR count). The fourth-order valence-corrected chi connectivity index (χ4v) is 3.30. The molecular weight excluding hydrogens is 276 g/mol. The average Bonchev–Trinajstić information content (AvgIpc) is 3.18. The van der Waals surface area contributed by atoms with Gasteiger partial charge in [0.15, 0.2) is 0 Å². The number of hydrogen-bond donors (Lipinski definition) is 1. The predicted octanol–water partition coefficient (Wildman–Crippen LogP) is 0.436. The van der Waals surface area contributed by atoms with E-state index in [0.717, 1.165) is 12.2 Å². The van der Waals surface area contributed by atoms with Crippen LogP contribution in [0, 0.1) is 0 Å². The van der Waals surface area contributed by atoms with Crippen molar-refractivity contribution in [2.45, 2.75) is 12.5 Å². The molecule has 1 saturated heterocycles. The Morgan fingerprint density at radius 2 is 2.30 bits per heavy atom. The van der Waals surface area contributed by atoms with Gasteiger partial charge >= 0.3 is 0 Å². The largest absolute Gasteiger partial charge is 0.357 e. The van der Waals surface area contributed by atoms with Gasteiger partial charge in [0, 0.05) is 25.9 Å². The summed E-state index contributed by atoms with van der Waals surface area (Å²) in [5, 5.41) is 7.02. The molecule has 0 saturated carbocycles. The van der Waals surface area contributed by atoms with Gasteiger partial charge in [0.2, 0.25) is 11.9 Å². The van der Waals surface area contributed by atoms with Crippen molar-refractivity contribution in [1.29, 1.82) is 0 Å². The molecule has 0 spiro atoms. The van der Waals surface area contributed by atoms with Crippen LogP contribution in [0.25, 0.3) is 5.95 Å². The van der Waals surface area contributed by atoms with Gasteiger partial charge < -0.3 is 10.2 Å². The third-order valence-corrected chi connectivity index (χ3v) is 4.37. The highest BCUT2D eigenvalue weighted by atomic mass is 32.2. The van der Waals surface area contributed by atoms with Gasteiger partial charge in [0.25, 0.3) is 5.95 Å². The smallest absolute Gasteiger partial charge is 0.258 e. The van der Waals surface area contributed by atoms with Crippen LogP contribution in [0.15, 0.2) is 12.7 Å². The fourth-order valence-electron chi connectivity index (χ4n) is 2.03. The minimum absolute atomic E-state index is 0.467. The molecule has 2 aromatic rings. The Hall–Kier alpha value is -1.90. The van der Waals surface area contributed by atoms with E-state index in [1.807, 2.05) is 18.8 Å². The highest BCUT2D eigenvalue weighted by Gasteiger charge is 2.23. The lowest BCUT2D eigenvalue weighted by Gasteiger charge is -2.24. The molecule has 1 unspecified atom stereocenters. The highest BCUT2D eigenvalue weighted by molar-refractivity contribution is 7.99. The number of nitrogens with one attached hydrogen (secondary N) is 1. The Morgan fingerprint density at radius 1 is 1.40 bits per heavy atom. The summed E-state index contributed by atoms with van der Waals surface area (Å²) >= 11 is 1.96. The lowest BCUT2D eigenvalue weighted by atomic mass is 10.2. The van der Waals surface area contributed by atoms with Crippen molar-refractivity contribution in [3.63, 3.8) is 0 Å². The quantitative estimate of drug-likeness (QED) is 0.868. The molecule has 0 bridgehead atoms. The second-order valence-electron chi connectivity index (χ2n) is 4.48. The second kappa shape index (κ2) is 5.61. The lowest BCUT2D eigenvalue weighted by Crippen LogP contribution is -2.33. The Morgan fingerprint density at radius 3 is 2.95 bits per heavy atom. The summed E-state index contributed by atoms with van der Waals surface area (Å²) in [5.41, 5.74) is 0. The highest BCUT2D eigenvalue weighted by Crippen LogP contribution is 2.24. The molecule has 1 atom stereocenters. The fraction of sp³-hybridized carbons (Fsp3) is 0.545. The van der Waals surface area contributed by atoms with Gasteiger partial charge in [-0.15, -0.1) is 0 Å². The number of aromatic nitrogens is 6. The maximum absolute atomic E-state index is 4.48. The molecule has 2 aromatic heterocycles. The van der Waals surface area contributed by atoms with Crippen molar-refractivity contribution in [2.75, 3.05) is 35.8 Å². The normalized spacial score (nSPS) is 18.2. The molecule has 1 N–H and O–H groups in total. The first-order chi connectivity index (χ1) is 9.78. The van der Waals surface area contributed by atoms with Gasteiger partial charge in [-0.05, 0) is 12.2 Å². The van der Waals surface area contributed by atoms with Gasteiger partial charge in [0.05, 0.1) is 0 Å². The Balaban J connectivity index is 1.95. The van der Waals surface area contributed by atoms with Crippen LogP contribution in [0.1, 0.15) is 6.42 Å². The summed E-state index contributed by atoms with van der Waals surface area (Å²) in [6.45, 7) is 0. The summed E-state index contributed by atoms with van der Waals surface area (Å²) in [5.74, 6) is 3.94. The predicted molar refractivity (Wildman–Crippen MR) is 78.4 cm³/mol. The van der Waals surface area contributed by atoms with Crippen LogP contribution in [-0.2, 0) is 0 Å². The van der Waals surface area contributed by atoms with E-state index in [0.29, 0.717) is 23.9 Å². The van der Waals surface area contributed by atoms with Crippen LogP contribution in [-0.4, -0.2) is 61.4 Å². The van der Waals surface area contributed by atoms with E-state index in [9.17, 15) is 0 Å². The lowest BCUT2D eigenvalue weighted by molar-refractivity contribution is 0.673. The van der Waals surface area contributed by atoms with E-state index in [1.165, 1.54) is 16.8 Å². The van der Waals surface area contributed by atoms with Gasteiger partial charge in [0.1, 0.15) is 12.7 Å². The summed E-state index contributed by atoms with van der Waals surface area (Å²) in [6, 6.07) is 0.468. The maximum Gasteiger partial charge on any atom is 0.258 e. The average molecular weight is 292 g/mol. The molecule has 1 fully saturated rings. The summed E-state index contributed by atoms with van der Waals surface area (Å²) < 4.78 is 1.53. The van der Waals surface area contributed by atoms with Crippen LogP contribution in [0.3, 0.4) is 0 Å². The van der Waals surface area contributed by atoms with E-state index in [-0.39, 0.29) is 0 Å². The molecule has 0 amide bonds. The second-order valence-corrected chi connectivity index (χ2v) is 5.63. The van der Waals surface area contributed by atoms with Gasteiger partial charge in [-0.25, -0.2) is 4.98 Å². The first-order valence-corrected chi connectivity index (χ1v) is 7.53. The number of nitrogens with zero attached hydrogens (tertiary/aromatic N) is 7. The molecule has 1 aliphatic rings. The van der Waals surface area contributed by atoms with Crippen molar-refractivity contribution in [3.8, 4) is 5.95 Å². The Bertz CT molecular complexity index is 566. The van der Waals surface area contributed by atoms with Crippen LogP contribution in [0.5, 0.6) is 0 Å². The molecule has 8 nitrogen and oxygen atoms in total. The van der Waals surface area contributed by atoms with Crippen LogP contribution >= 0.6 is 11.8 Å². The Kier molecular flexibility index (Phi) is 3.68. The van der Waals surface area contributed by atoms with E-state index in [4.69, 9.17) is 0 Å². The van der Waals surface area contributed by atoms with Crippen molar-refractivity contribution in [2.24, 2.45) is 0 Å². The molecule has 0 aromatic carbocycles. The molecule has 1 aliphatic heterocycles. The number of hydrogen-bond acceptors (Lipinski definition) is 8. The van der Waals surface area contributed by atoms with E-state index >= 15 is 0 Å². The SMILES string of the molecule is CNc1nc(N(C)C2CCSC2)nc(-n2cncn2)n1. The van der Waals surface area contributed by atoms with Crippen LogP contribution in [0.4, 0.5) is 11.9 Å². The molecule has 3 heterocycles. The van der Waals surface area contributed by atoms with Crippen molar-refractivity contribution in [3.05, 3.63) is 12.7 Å². The summed E-state index contributed by atoms with van der Waals surface area (Å²) in [7, 11) is 3.81. The topological polar surface area (TPSA) is 84.7 Å². The zero-order valence-corrected chi connectivity index (χ0v) is 12.2. The minimum Gasteiger partial charge on any atom is -0.357 e. The standard InChI is InChI=1S/C11H16N8S/c1-12-9-15-10(18(2)8-3-4-20-5-8)17-11(16-9)19-7-13-6-14-19/h6-8H,3-5H2,1-2H3,(H,12,15,16,17). The van der Waals surface area contributed by atoms with Gasteiger partial charge in [-0.2, -0.15) is 36.5 Å². The zero-order chi connectivity index (χ0) is 13.9.